The van der Waals surface area contributed by atoms with Gasteiger partial charge in [-0.3, -0.25) is 4.79 Å². The van der Waals surface area contributed by atoms with Gasteiger partial charge in [0.05, 0.1) is 11.5 Å². The number of esters is 2. The lowest BCUT2D eigenvalue weighted by Gasteiger charge is -2.25. The molecule has 0 radical (unpaired) electrons. The van der Waals surface area contributed by atoms with Crippen LogP contribution in [0, 0.1) is 17.8 Å². The van der Waals surface area contributed by atoms with Crippen molar-refractivity contribution in [2.75, 3.05) is 0 Å². The van der Waals surface area contributed by atoms with Crippen LogP contribution in [0.2, 0.25) is 0 Å². The van der Waals surface area contributed by atoms with E-state index in [0.717, 1.165) is 18.6 Å². The Labute approximate surface area is 145 Å². The van der Waals surface area contributed by atoms with Crippen LogP contribution < -0.4 is 4.74 Å². The Kier molecular flexibility index (Phi) is 3.64. The van der Waals surface area contributed by atoms with E-state index in [1.807, 2.05) is 0 Å². The molecule has 1 aliphatic heterocycles. The van der Waals surface area contributed by atoms with Gasteiger partial charge in [-0.05, 0) is 37.1 Å². The van der Waals surface area contributed by atoms with E-state index in [4.69, 9.17) is 14.6 Å². The van der Waals surface area contributed by atoms with Gasteiger partial charge in [0.1, 0.15) is 18.0 Å². The molecule has 5 atom stereocenters. The van der Waals surface area contributed by atoms with Gasteiger partial charge in [0.2, 0.25) is 0 Å². The second kappa shape index (κ2) is 5.65. The normalized spacial score (nSPS) is 31.6. The minimum absolute atomic E-state index is 0.0854. The summed E-state index contributed by atoms with van der Waals surface area (Å²) in [6.45, 7) is 0. The SMILES string of the molecule is O=C(OC1C2CC3C(=O)OC1C3C2)c1ccc(OC(F)(F)C(=O)O)cc1. The Bertz CT molecular complexity index is 776. The van der Waals surface area contributed by atoms with Crippen molar-refractivity contribution in [3.63, 3.8) is 0 Å². The van der Waals surface area contributed by atoms with Crippen molar-refractivity contribution in [2.24, 2.45) is 17.8 Å². The first-order valence-electron chi connectivity index (χ1n) is 8.08. The largest absolute Gasteiger partial charge is 0.501 e. The molecule has 138 valence electrons. The van der Waals surface area contributed by atoms with Crippen LogP contribution >= 0.6 is 0 Å². The maximum Gasteiger partial charge on any atom is 0.501 e. The molecule has 2 aliphatic carbocycles. The summed E-state index contributed by atoms with van der Waals surface area (Å²) in [5, 5.41) is 8.34. The van der Waals surface area contributed by atoms with Crippen molar-refractivity contribution >= 4 is 17.9 Å². The topological polar surface area (TPSA) is 99.1 Å². The predicted octanol–water partition coefficient (Wildman–Crippen LogP) is 1.85. The van der Waals surface area contributed by atoms with Crippen molar-refractivity contribution in [3.05, 3.63) is 29.8 Å². The van der Waals surface area contributed by atoms with Crippen LogP contribution in [0.15, 0.2) is 24.3 Å². The molecular formula is C17H14F2O7. The van der Waals surface area contributed by atoms with Crippen molar-refractivity contribution in [1.29, 1.82) is 0 Å². The lowest BCUT2D eigenvalue weighted by Crippen LogP contribution is -2.36. The van der Waals surface area contributed by atoms with Crippen LogP contribution in [-0.2, 0) is 19.1 Å². The average molecular weight is 368 g/mol. The minimum atomic E-state index is -4.37. The summed E-state index contributed by atoms with van der Waals surface area (Å²) in [6, 6.07) is 4.51. The average Bonchev–Trinajstić information content (AvgIpc) is 3.20. The van der Waals surface area contributed by atoms with Crippen molar-refractivity contribution in [3.8, 4) is 5.75 Å². The highest BCUT2D eigenvalue weighted by atomic mass is 19.3. The summed E-state index contributed by atoms with van der Waals surface area (Å²) in [4.78, 5) is 34.4. The maximum atomic E-state index is 13.0. The van der Waals surface area contributed by atoms with Crippen molar-refractivity contribution < 1.29 is 42.5 Å². The summed E-state index contributed by atoms with van der Waals surface area (Å²) in [7, 11) is 0. The molecule has 1 saturated heterocycles. The second-order valence-electron chi connectivity index (χ2n) is 6.72. The fourth-order valence-corrected chi connectivity index (χ4v) is 4.11. The lowest BCUT2D eigenvalue weighted by molar-refractivity contribution is -0.210. The lowest BCUT2D eigenvalue weighted by atomic mass is 9.88. The highest BCUT2D eigenvalue weighted by molar-refractivity contribution is 5.90. The number of aliphatic carboxylic acids is 1. The fourth-order valence-electron chi connectivity index (χ4n) is 4.11. The highest BCUT2D eigenvalue weighted by Gasteiger charge is 2.63. The zero-order chi connectivity index (χ0) is 18.6. The third-order valence-electron chi connectivity index (χ3n) is 5.24. The zero-order valence-corrected chi connectivity index (χ0v) is 13.3. The molecule has 2 saturated carbocycles. The molecule has 0 aromatic heterocycles. The van der Waals surface area contributed by atoms with Crippen LogP contribution in [0.4, 0.5) is 8.78 Å². The van der Waals surface area contributed by atoms with Gasteiger partial charge in [0, 0.05) is 11.8 Å². The molecule has 1 heterocycles. The monoisotopic (exact) mass is 368 g/mol. The molecule has 3 fully saturated rings. The first kappa shape index (κ1) is 16.7. The zero-order valence-electron chi connectivity index (χ0n) is 13.3. The van der Waals surface area contributed by atoms with Gasteiger partial charge < -0.3 is 19.3 Å². The summed E-state index contributed by atoms with van der Waals surface area (Å²) in [5.74, 6) is -3.63. The molecule has 3 aliphatic rings. The van der Waals surface area contributed by atoms with Gasteiger partial charge in [-0.25, -0.2) is 9.59 Å². The molecular weight excluding hydrogens is 354 g/mol. The predicted molar refractivity (Wildman–Crippen MR) is 78.4 cm³/mol. The third kappa shape index (κ3) is 2.58. The van der Waals surface area contributed by atoms with E-state index in [-0.39, 0.29) is 29.3 Å². The first-order valence-corrected chi connectivity index (χ1v) is 8.08. The Morgan fingerprint density at radius 3 is 2.54 bits per heavy atom. The molecule has 1 aromatic carbocycles. The standard InChI is InChI=1S/C17H14F2O7/c18-17(19,16(22)23)26-9-3-1-7(2-4-9)14(20)24-12-8-5-10-11(6-8)15(21)25-13(10)12/h1-4,8,10-13H,5-6H2,(H,22,23). The van der Waals surface area contributed by atoms with Crippen molar-refractivity contribution in [2.45, 2.75) is 31.2 Å². The number of alkyl halides is 2. The molecule has 1 N–H and O–H groups in total. The second-order valence-corrected chi connectivity index (χ2v) is 6.72. The van der Waals surface area contributed by atoms with Gasteiger partial charge in [-0.2, -0.15) is 8.78 Å². The molecule has 1 aromatic rings. The summed E-state index contributed by atoms with van der Waals surface area (Å²) < 4.78 is 40.9. The van der Waals surface area contributed by atoms with Crippen LogP contribution in [0.3, 0.4) is 0 Å². The van der Waals surface area contributed by atoms with E-state index >= 15 is 0 Å². The number of hydrogen-bond acceptors (Lipinski definition) is 6. The van der Waals surface area contributed by atoms with E-state index in [0.29, 0.717) is 6.42 Å². The van der Waals surface area contributed by atoms with E-state index in [1.54, 1.807) is 0 Å². The molecule has 2 bridgehead atoms. The Morgan fingerprint density at radius 2 is 1.88 bits per heavy atom. The number of carbonyl (C=O) groups excluding carboxylic acids is 2. The Balaban J connectivity index is 1.42. The smallest absolute Gasteiger partial charge is 0.474 e. The molecule has 9 heteroatoms. The number of rotatable bonds is 5. The van der Waals surface area contributed by atoms with E-state index in [1.165, 1.54) is 12.1 Å². The fraction of sp³-hybridized carbons (Fsp3) is 0.471. The highest BCUT2D eigenvalue weighted by Crippen LogP contribution is 2.55. The molecule has 0 spiro atoms. The molecule has 7 nitrogen and oxygen atoms in total. The molecule has 4 rings (SSSR count). The summed E-state index contributed by atoms with van der Waals surface area (Å²) >= 11 is 0. The number of ether oxygens (including phenoxy) is 3. The van der Waals surface area contributed by atoms with Crippen molar-refractivity contribution in [1.82, 2.24) is 0 Å². The van der Waals surface area contributed by atoms with E-state index in [2.05, 4.69) is 4.74 Å². The summed E-state index contributed by atoms with van der Waals surface area (Å²) in [5.41, 5.74) is 0.0969. The number of carboxylic acid groups (broad SMARTS) is 1. The van der Waals surface area contributed by atoms with E-state index < -0.39 is 36.0 Å². The third-order valence-corrected chi connectivity index (χ3v) is 5.24. The number of carbonyl (C=O) groups is 3. The van der Waals surface area contributed by atoms with Gasteiger partial charge >= 0.3 is 24.0 Å². The van der Waals surface area contributed by atoms with Gasteiger partial charge in [0.25, 0.3) is 0 Å². The van der Waals surface area contributed by atoms with Gasteiger partial charge in [-0.15, -0.1) is 0 Å². The van der Waals surface area contributed by atoms with Gasteiger partial charge in [-0.1, -0.05) is 0 Å². The molecule has 5 unspecified atom stereocenters. The van der Waals surface area contributed by atoms with Crippen LogP contribution in [0.1, 0.15) is 23.2 Å². The summed E-state index contributed by atoms with van der Waals surface area (Å²) in [6.07, 6.45) is -3.84. The molecule has 26 heavy (non-hydrogen) atoms. The number of halogens is 2. The number of benzene rings is 1. The number of carboxylic acids is 1. The van der Waals surface area contributed by atoms with Gasteiger partial charge in [0.15, 0.2) is 0 Å². The van der Waals surface area contributed by atoms with Crippen LogP contribution in [0.25, 0.3) is 0 Å². The Morgan fingerprint density at radius 1 is 1.19 bits per heavy atom. The molecule has 0 amide bonds. The quantitative estimate of drug-likeness (QED) is 0.792. The number of fused-ring (bicyclic) bond motifs is 1. The van der Waals surface area contributed by atoms with Crippen LogP contribution in [0.5, 0.6) is 5.75 Å². The minimum Gasteiger partial charge on any atom is -0.474 e. The van der Waals surface area contributed by atoms with Crippen LogP contribution in [-0.4, -0.2) is 41.3 Å². The maximum absolute atomic E-state index is 13.0. The number of hydrogen-bond donors (Lipinski definition) is 1. The Hall–Kier alpha value is -2.71. The first-order chi connectivity index (χ1) is 12.3. The van der Waals surface area contributed by atoms with E-state index in [9.17, 15) is 23.2 Å².